The van der Waals surface area contributed by atoms with Gasteiger partial charge >= 0.3 is 0 Å². The molecule has 0 unspecified atom stereocenters. The van der Waals surface area contributed by atoms with E-state index in [9.17, 15) is 30.0 Å². The Morgan fingerprint density at radius 2 is 1.21 bits per heavy atom. The zero-order chi connectivity index (χ0) is 28.4. The molecular weight excluding hydrogens is 568 g/mol. The van der Waals surface area contributed by atoms with E-state index in [1.54, 1.807) is 24.3 Å². The first-order valence-electron chi connectivity index (χ1n) is 12.3. The maximum absolute atomic E-state index is 13.1. The predicted molar refractivity (Wildman–Crippen MR) is 145 cm³/mol. The number of anilines is 1. The molecule has 1 amide bonds. The van der Waals surface area contributed by atoms with Crippen molar-refractivity contribution in [2.24, 2.45) is 0 Å². The minimum Gasteiger partial charge on any atom is -0.379 e. The molecule has 0 radical (unpaired) electrons. The minimum atomic E-state index is -3.89. The molecule has 0 spiro atoms. The number of rotatable bonds is 8. The molecule has 0 atom stereocenters. The number of amides is 1. The normalized spacial score (nSPS) is 18.2. The van der Waals surface area contributed by atoms with Crippen LogP contribution in [0.15, 0.2) is 58.3 Å². The van der Waals surface area contributed by atoms with Gasteiger partial charge in [0.25, 0.3) is 0 Å². The van der Waals surface area contributed by atoms with Crippen LogP contribution in [0.2, 0.25) is 0 Å². The third-order valence-electron chi connectivity index (χ3n) is 6.66. The van der Waals surface area contributed by atoms with Crippen molar-refractivity contribution in [2.45, 2.75) is 16.7 Å². The fourth-order valence-corrected chi connectivity index (χ4v) is 8.06. The average Bonchev–Trinajstić information content (AvgIpc) is 2.92. The van der Waals surface area contributed by atoms with Crippen LogP contribution in [0.1, 0.15) is 5.56 Å². The van der Waals surface area contributed by atoms with E-state index in [2.05, 4.69) is 0 Å². The van der Waals surface area contributed by atoms with E-state index in [1.165, 1.54) is 37.8 Å². The number of ether oxygens (including phenoxy) is 1. The first kappa shape index (κ1) is 29.4. The second-order valence-electron chi connectivity index (χ2n) is 9.38. The van der Waals surface area contributed by atoms with E-state index in [0.717, 1.165) is 16.1 Å². The molecule has 12 nitrogen and oxygen atoms in total. The highest BCUT2D eigenvalue weighted by atomic mass is 32.2. The van der Waals surface area contributed by atoms with Gasteiger partial charge in [0.15, 0.2) is 0 Å². The summed E-state index contributed by atoms with van der Waals surface area (Å²) in [6.07, 6.45) is 0.963. The van der Waals surface area contributed by atoms with Crippen LogP contribution in [0.4, 0.5) is 5.69 Å². The number of nitrogens with zero attached hydrogens (tertiary/aromatic N) is 4. The molecule has 2 aromatic rings. The van der Waals surface area contributed by atoms with E-state index in [4.69, 9.17) is 4.74 Å². The molecule has 0 N–H and O–H groups in total. The summed E-state index contributed by atoms with van der Waals surface area (Å²) in [5.41, 5.74) is 1.08. The molecule has 214 valence electrons. The molecule has 0 aromatic heterocycles. The lowest BCUT2D eigenvalue weighted by molar-refractivity contribution is -0.130. The number of hydrogen-bond acceptors (Lipinski definition) is 8. The molecule has 39 heavy (non-hydrogen) atoms. The highest BCUT2D eigenvalue weighted by Crippen LogP contribution is 2.24. The fraction of sp³-hybridized carbons (Fsp3) is 0.458. The van der Waals surface area contributed by atoms with Crippen molar-refractivity contribution in [3.05, 3.63) is 54.1 Å². The number of benzene rings is 2. The van der Waals surface area contributed by atoms with Crippen molar-refractivity contribution in [3.63, 3.8) is 0 Å². The molecule has 0 aliphatic carbocycles. The fourth-order valence-electron chi connectivity index (χ4n) is 4.38. The van der Waals surface area contributed by atoms with E-state index < -0.39 is 42.5 Å². The van der Waals surface area contributed by atoms with Gasteiger partial charge in [0.2, 0.25) is 36.0 Å². The summed E-state index contributed by atoms with van der Waals surface area (Å²) in [6.45, 7) is 2.80. The van der Waals surface area contributed by atoms with E-state index >= 15 is 0 Å². The van der Waals surface area contributed by atoms with Gasteiger partial charge in [-0.2, -0.15) is 8.61 Å². The second-order valence-corrected chi connectivity index (χ2v) is 15.2. The van der Waals surface area contributed by atoms with Crippen molar-refractivity contribution in [2.75, 3.05) is 69.6 Å². The Kier molecular flexibility index (Phi) is 8.68. The molecule has 2 heterocycles. The van der Waals surface area contributed by atoms with Crippen LogP contribution in [0.3, 0.4) is 0 Å². The monoisotopic (exact) mass is 600 g/mol. The Bertz CT molecular complexity index is 1500. The van der Waals surface area contributed by atoms with Crippen LogP contribution in [-0.2, 0) is 39.6 Å². The lowest BCUT2D eigenvalue weighted by Crippen LogP contribution is -2.53. The second kappa shape index (κ2) is 11.5. The number of morpholine rings is 1. The third kappa shape index (κ3) is 6.61. The van der Waals surface area contributed by atoms with Gasteiger partial charge in [0, 0.05) is 39.3 Å². The summed E-state index contributed by atoms with van der Waals surface area (Å²) in [4.78, 5) is 14.7. The van der Waals surface area contributed by atoms with Gasteiger partial charge < -0.3 is 9.64 Å². The Morgan fingerprint density at radius 3 is 1.69 bits per heavy atom. The highest BCUT2D eigenvalue weighted by Gasteiger charge is 2.32. The summed E-state index contributed by atoms with van der Waals surface area (Å²) >= 11 is 0. The number of carbonyl (C=O) groups excluding carboxylic acids is 1. The summed E-state index contributed by atoms with van der Waals surface area (Å²) in [5.74, 6) is -0.488. The van der Waals surface area contributed by atoms with Gasteiger partial charge in [0.1, 0.15) is 6.54 Å². The molecule has 2 fully saturated rings. The van der Waals surface area contributed by atoms with Crippen molar-refractivity contribution in [1.82, 2.24) is 13.5 Å². The lowest BCUT2D eigenvalue weighted by atomic mass is 10.2. The van der Waals surface area contributed by atoms with Crippen molar-refractivity contribution in [1.29, 1.82) is 0 Å². The Labute approximate surface area is 229 Å². The van der Waals surface area contributed by atoms with Gasteiger partial charge in [0.05, 0.1) is 34.9 Å². The first-order chi connectivity index (χ1) is 18.3. The number of aryl methyl sites for hydroxylation is 1. The molecule has 4 rings (SSSR count). The summed E-state index contributed by atoms with van der Waals surface area (Å²) in [7, 11) is -11.4. The van der Waals surface area contributed by atoms with Crippen LogP contribution in [0.25, 0.3) is 0 Å². The van der Waals surface area contributed by atoms with Crippen LogP contribution in [0.5, 0.6) is 0 Å². The quantitative estimate of drug-likeness (QED) is 0.422. The standard InChI is InChI=1S/C24H32N4O8S3/c1-20-3-7-22(8-4-20)38(32,33)26-13-11-25(12-14-26)24(29)19-28(37(2,30)31)21-5-9-23(10-6-21)39(34,35)27-15-17-36-18-16-27/h3-10H,11-19H2,1-2H3. The van der Waals surface area contributed by atoms with Crippen molar-refractivity contribution in [3.8, 4) is 0 Å². The van der Waals surface area contributed by atoms with Gasteiger partial charge in [-0.05, 0) is 43.3 Å². The summed E-state index contributed by atoms with van der Waals surface area (Å²) in [6, 6.07) is 11.9. The largest absolute Gasteiger partial charge is 0.379 e. The SMILES string of the molecule is Cc1ccc(S(=O)(=O)N2CCN(C(=O)CN(c3ccc(S(=O)(=O)N4CCOCC4)cc3)S(C)(=O)=O)CC2)cc1. The molecule has 15 heteroatoms. The number of carbonyl (C=O) groups is 1. The van der Waals surface area contributed by atoms with Crippen LogP contribution >= 0.6 is 0 Å². The molecule has 2 aliphatic rings. The zero-order valence-corrected chi connectivity index (χ0v) is 24.2. The Balaban J connectivity index is 1.43. The molecule has 2 aromatic carbocycles. The summed E-state index contributed by atoms with van der Waals surface area (Å²) < 4.78 is 85.5. The number of sulfonamides is 3. The van der Waals surface area contributed by atoms with E-state index in [-0.39, 0.29) is 54.7 Å². The van der Waals surface area contributed by atoms with Crippen LogP contribution in [-0.4, -0.2) is 110 Å². The minimum absolute atomic E-state index is 0.0128. The molecule has 2 aliphatic heterocycles. The van der Waals surface area contributed by atoms with Crippen LogP contribution < -0.4 is 4.31 Å². The predicted octanol–water partition coefficient (Wildman–Crippen LogP) is 0.315. The number of piperazine rings is 1. The van der Waals surface area contributed by atoms with Gasteiger partial charge in [-0.25, -0.2) is 25.3 Å². The van der Waals surface area contributed by atoms with Crippen LogP contribution in [0, 0.1) is 6.92 Å². The Morgan fingerprint density at radius 1 is 0.744 bits per heavy atom. The molecular formula is C24H32N4O8S3. The maximum Gasteiger partial charge on any atom is 0.243 e. The highest BCUT2D eigenvalue weighted by molar-refractivity contribution is 7.92. The van der Waals surface area contributed by atoms with Gasteiger partial charge in [-0.1, -0.05) is 17.7 Å². The summed E-state index contributed by atoms with van der Waals surface area (Å²) in [5, 5.41) is 0. The van der Waals surface area contributed by atoms with E-state index in [1.807, 2.05) is 6.92 Å². The molecule has 0 bridgehead atoms. The topological polar surface area (TPSA) is 142 Å². The molecule has 0 saturated carbocycles. The average molecular weight is 601 g/mol. The Hall–Kier alpha value is -2.56. The van der Waals surface area contributed by atoms with E-state index in [0.29, 0.717) is 13.2 Å². The maximum atomic E-state index is 13.1. The van der Waals surface area contributed by atoms with Crippen molar-refractivity contribution >= 4 is 41.7 Å². The molecule has 2 saturated heterocycles. The van der Waals surface area contributed by atoms with Gasteiger partial charge in [-0.3, -0.25) is 9.10 Å². The lowest BCUT2D eigenvalue weighted by Gasteiger charge is -2.35. The third-order valence-corrected chi connectivity index (χ3v) is 11.6. The van der Waals surface area contributed by atoms with Crippen molar-refractivity contribution < 1.29 is 34.8 Å². The van der Waals surface area contributed by atoms with Gasteiger partial charge in [-0.15, -0.1) is 0 Å². The first-order valence-corrected chi connectivity index (χ1v) is 17.0. The number of hydrogen-bond donors (Lipinski definition) is 0. The smallest absolute Gasteiger partial charge is 0.243 e. The zero-order valence-electron chi connectivity index (χ0n) is 21.8.